The highest BCUT2D eigenvalue weighted by atomic mass is 16.5. The number of imide groups is 1. The van der Waals surface area contributed by atoms with Gasteiger partial charge in [0.15, 0.2) is 0 Å². The van der Waals surface area contributed by atoms with Crippen LogP contribution in [0.2, 0.25) is 0 Å². The zero-order chi connectivity index (χ0) is 22.8. The van der Waals surface area contributed by atoms with Crippen molar-refractivity contribution in [3.8, 4) is 17.2 Å². The van der Waals surface area contributed by atoms with Crippen molar-refractivity contribution in [3.63, 3.8) is 0 Å². The monoisotopic (exact) mass is 432 g/mol. The van der Waals surface area contributed by atoms with Crippen molar-refractivity contribution < 1.29 is 24.5 Å². The highest BCUT2D eigenvalue weighted by Gasteiger charge is 2.30. The Kier molecular flexibility index (Phi) is 5.83. The predicted octanol–water partition coefficient (Wildman–Crippen LogP) is 3.50. The molecule has 0 radical (unpaired) electrons. The summed E-state index contributed by atoms with van der Waals surface area (Å²) < 4.78 is 5.86. The van der Waals surface area contributed by atoms with E-state index in [9.17, 15) is 19.8 Å². The summed E-state index contributed by atoms with van der Waals surface area (Å²) in [5.41, 5.74) is 3.30. The van der Waals surface area contributed by atoms with Gasteiger partial charge in [-0.25, -0.2) is 0 Å². The van der Waals surface area contributed by atoms with E-state index in [0.717, 1.165) is 27.7 Å². The molecule has 1 aliphatic rings. The highest BCUT2D eigenvalue weighted by molar-refractivity contribution is 6.13. The molecule has 3 N–H and O–H groups in total. The van der Waals surface area contributed by atoms with Gasteiger partial charge in [-0.1, -0.05) is 42.5 Å². The average Bonchev–Trinajstić information content (AvgIpc) is 3.29. The van der Waals surface area contributed by atoms with Gasteiger partial charge in [-0.05, 0) is 29.7 Å². The maximum atomic E-state index is 13.3. The number of carbonyl (C=O) groups is 2. The van der Waals surface area contributed by atoms with Crippen LogP contribution in [0.15, 0.2) is 54.6 Å². The number of nitrogens with zero attached hydrogens (tertiary/aromatic N) is 1. The van der Waals surface area contributed by atoms with Gasteiger partial charge in [0.1, 0.15) is 29.4 Å². The van der Waals surface area contributed by atoms with Gasteiger partial charge in [-0.2, -0.15) is 0 Å². The van der Waals surface area contributed by atoms with Crippen LogP contribution in [0.1, 0.15) is 43.0 Å². The SMILES string of the molecule is Cc1c(O)cc(O)c(C(=O)N(C)C(=O)c2cccc3c2CNC3)c1OCc1ccccc1. The molecule has 2 amide bonds. The van der Waals surface area contributed by atoms with E-state index in [2.05, 4.69) is 5.32 Å². The van der Waals surface area contributed by atoms with Crippen LogP contribution in [0, 0.1) is 6.92 Å². The molecule has 0 aliphatic carbocycles. The standard InChI is InChI=1S/C25H24N2O5/c1-15-20(28)11-21(29)22(23(15)32-14-16-7-4-3-5-8-16)25(31)27(2)24(30)18-10-6-9-17-12-26-13-19(17)18/h3-11,26,28-29H,12-14H2,1-2H3. The van der Waals surface area contributed by atoms with Gasteiger partial charge in [-0.3, -0.25) is 14.5 Å². The first kappa shape index (κ1) is 21.4. The van der Waals surface area contributed by atoms with Crippen molar-refractivity contribution in [3.05, 3.63) is 88.0 Å². The van der Waals surface area contributed by atoms with E-state index in [1.54, 1.807) is 19.1 Å². The van der Waals surface area contributed by atoms with Crippen LogP contribution in [-0.2, 0) is 19.7 Å². The molecule has 1 heterocycles. The lowest BCUT2D eigenvalue weighted by molar-refractivity contribution is 0.0651. The van der Waals surface area contributed by atoms with Crippen molar-refractivity contribution in [2.24, 2.45) is 0 Å². The molecular weight excluding hydrogens is 408 g/mol. The van der Waals surface area contributed by atoms with E-state index in [1.165, 1.54) is 7.05 Å². The summed E-state index contributed by atoms with van der Waals surface area (Å²) in [7, 11) is 1.37. The number of aromatic hydroxyl groups is 2. The molecule has 4 rings (SSSR count). The topological polar surface area (TPSA) is 99.1 Å². The van der Waals surface area contributed by atoms with Gasteiger partial charge in [0.2, 0.25) is 0 Å². The van der Waals surface area contributed by atoms with Gasteiger partial charge < -0.3 is 20.3 Å². The maximum absolute atomic E-state index is 13.3. The number of ether oxygens (including phenoxy) is 1. The Morgan fingerprint density at radius 1 is 1.00 bits per heavy atom. The molecule has 164 valence electrons. The number of hydrogen-bond acceptors (Lipinski definition) is 6. The van der Waals surface area contributed by atoms with Crippen molar-refractivity contribution >= 4 is 11.8 Å². The number of nitrogens with one attached hydrogen (secondary N) is 1. The number of amides is 2. The van der Waals surface area contributed by atoms with Crippen LogP contribution >= 0.6 is 0 Å². The van der Waals surface area contributed by atoms with Gasteiger partial charge in [0.25, 0.3) is 11.8 Å². The molecule has 7 nitrogen and oxygen atoms in total. The van der Waals surface area contributed by atoms with E-state index in [1.807, 2.05) is 36.4 Å². The molecule has 0 saturated heterocycles. The number of fused-ring (bicyclic) bond motifs is 1. The molecule has 7 heteroatoms. The minimum atomic E-state index is -0.720. The van der Waals surface area contributed by atoms with Crippen LogP contribution in [0.3, 0.4) is 0 Å². The van der Waals surface area contributed by atoms with Crippen molar-refractivity contribution in [1.82, 2.24) is 10.2 Å². The predicted molar refractivity (Wildman–Crippen MR) is 119 cm³/mol. The first-order valence-corrected chi connectivity index (χ1v) is 10.2. The Bertz CT molecular complexity index is 1190. The Labute approximate surface area is 185 Å². The molecule has 0 fully saturated rings. The summed E-state index contributed by atoms with van der Waals surface area (Å²) in [5, 5.41) is 23.9. The lowest BCUT2D eigenvalue weighted by Crippen LogP contribution is -2.34. The fourth-order valence-electron chi connectivity index (χ4n) is 3.82. The number of carbonyl (C=O) groups excluding carboxylic acids is 2. The third-order valence-corrected chi connectivity index (χ3v) is 5.65. The Morgan fingerprint density at radius 2 is 1.75 bits per heavy atom. The lowest BCUT2D eigenvalue weighted by Gasteiger charge is -2.21. The third-order valence-electron chi connectivity index (χ3n) is 5.65. The van der Waals surface area contributed by atoms with Crippen LogP contribution < -0.4 is 10.1 Å². The van der Waals surface area contributed by atoms with Crippen LogP contribution in [0.25, 0.3) is 0 Å². The molecule has 0 atom stereocenters. The first-order chi connectivity index (χ1) is 15.4. The second-order valence-electron chi connectivity index (χ2n) is 7.73. The molecule has 3 aromatic rings. The smallest absolute Gasteiger partial charge is 0.268 e. The number of rotatable bonds is 5. The lowest BCUT2D eigenvalue weighted by atomic mass is 10.0. The molecule has 0 aromatic heterocycles. The Hall–Kier alpha value is -3.84. The van der Waals surface area contributed by atoms with Crippen molar-refractivity contribution in [2.45, 2.75) is 26.6 Å². The normalized spacial score (nSPS) is 12.3. The van der Waals surface area contributed by atoms with Crippen molar-refractivity contribution in [1.29, 1.82) is 0 Å². The fraction of sp³-hybridized carbons (Fsp3) is 0.200. The summed E-state index contributed by atoms with van der Waals surface area (Å²) in [6.45, 7) is 2.93. The highest BCUT2D eigenvalue weighted by Crippen LogP contribution is 2.39. The molecular formula is C25H24N2O5. The quantitative estimate of drug-likeness (QED) is 0.534. The summed E-state index contributed by atoms with van der Waals surface area (Å²) in [4.78, 5) is 27.5. The summed E-state index contributed by atoms with van der Waals surface area (Å²) in [5.74, 6) is -1.82. The summed E-state index contributed by atoms with van der Waals surface area (Å²) in [6, 6.07) is 15.8. The zero-order valence-corrected chi connectivity index (χ0v) is 17.9. The fourth-order valence-corrected chi connectivity index (χ4v) is 3.82. The largest absolute Gasteiger partial charge is 0.507 e. The molecule has 0 spiro atoms. The molecule has 0 bridgehead atoms. The summed E-state index contributed by atoms with van der Waals surface area (Å²) >= 11 is 0. The molecule has 0 unspecified atom stereocenters. The number of benzene rings is 3. The molecule has 0 saturated carbocycles. The molecule has 3 aromatic carbocycles. The van der Waals surface area contributed by atoms with Gasteiger partial charge in [-0.15, -0.1) is 0 Å². The maximum Gasteiger partial charge on any atom is 0.268 e. The van der Waals surface area contributed by atoms with E-state index >= 15 is 0 Å². The van der Waals surface area contributed by atoms with Gasteiger partial charge >= 0.3 is 0 Å². The molecule has 32 heavy (non-hydrogen) atoms. The van der Waals surface area contributed by atoms with Crippen LogP contribution in [0.5, 0.6) is 17.2 Å². The zero-order valence-electron chi connectivity index (χ0n) is 17.9. The van der Waals surface area contributed by atoms with Crippen molar-refractivity contribution in [2.75, 3.05) is 7.05 Å². The van der Waals surface area contributed by atoms with Crippen LogP contribution in [-0.4, -0.2) is 34.0 Å². The van der Waals surface area contributed by atoms with Gasteiger partial charge in [0, 0.05) is 37.3 Å². The number of phenolic OH excluding ortho intramolecular Hbond substituents is 2. The summed E-state index contributed by atoms with van der Waals surface area (Å²) in [6.07, 6.45) is 0. The second-order valence-corrected chi connectivity index (χ2v) is 7.73. The van der Waals surface area contributed by atoms with E-state index in [-0.39, 0.29) is 23.7 Å². The number of phenols is 2. The average molecular weight is 432 g/mol. The minimum Gasteiger partial charge on any atom is -0.507 e. The minimum absolute atomic E-state index is 0.0379. The Balaban J connectivity index is 1.67. The first-order valence-electron chi connectivity index (χ1n) is 10.2. The second kappa shape index (κ2) is 8.72. The molecule has 1 aliphatic heterocycles. The van der Waals surface area contributed by atoms with Gasteiger partial charge in [0.05, 0.1) is 0 Å². The third kappa shape index (κ3) is 3.90. The van der Waals surface area contributed by atoms with E-state index in [4.69, 9.17) is 4.74 Å². The number of hydrogen-bond donors (Lipinski definition) is 3. The Morgan fingerprint density at radius 3 is 2.50 bits per heavy atom. The van der Waals surface area contributed by atoms with Crippen LogP contribution in [0.4, 0.5) is 0 Å². The van der Waals surface area contributed by atoms with E-state index in [0.29, 0.717) is 24.2 Å². The van der Waals surface area contributed by atoms with E-state index < -0.39 is 17.6 Å².